The molecule has 0 aliphatic carbocycles. The zero-order valence-corrected chi connectivity index (χ0v) is 19.2. The summed E-state index contributed by atoms with van der Waals surface area (Å²) in [6, 6.07) is 24.5. The van der Waals surface area contributed by atoms with Crippen molar-refractivity contribution in [2.75, 3.05) is 5.32 Å². The monoisotopic (exact) mass is 479 g/mol. The van der Waals surface area contributed by atoms with Crippen LogP contribution in [0.2, 0.25) is 0 Å². The number of pyridine rings is 2. The zero-order chi connectivity index (χ0) is 24.9. The van der Waals surface area contributed by atoms with Crippen molar-refractivity contribution in [3.05, 3.63) is 132 Å². The third kappa shape index (κ3) is 5.15. The number of amides is 1. The van der Waals surface area contributed by atoms with Crippen molar-refractivity contribution in [3.8, 4) is 5.75 Å². The molecule has 1 N–H and O–H groups in total. The van der Waals surface area contributed by atoms with Gasteiger partial charge in [-0.25, -0.2) is 4.39 Å². The average molecular weight is 480 g/mol. The molecule has 5 rings (SSSR count). The highest BCUT2D eigenvalue weighted by atomic mass is 19.1. The molecule has 3 heterocycles. The van der Waals surface area contributed by atoms with Crippen LogP contribution in [-0.2, 0) is 17.8 Å². The summed E-state index contributed by atoms with van der Waals surface area (Å²) in [6.45, 7) is 0.366. The van der Waals surface area contributed by atoms with Crippen LogP contribution in [0.5, 0.6) is 5.75 Å². The quantitative estimate of drug-likeness (QED) is 0.237. The number of fused-ring (bicyclic) bond motifs is 1. The molecule has 6 nitrogen and oxygen atoms in total. The van der Waals surface area contributed by atoms with Gasteiger partial charge in [-0.3, -0.25) is 14.6 Å². The number of benzene rings is 2. The number of carbonyl (C=O) groups is 2. The van der Waals surface area contributed by atoms with Gasteiger partial charge in [-0.15, -0.1) is 0 Å². The van der Waals surface area contributed by atoms with Crippen molar-refractivity contribution in [1.82, 2.24) is 9.38 Å². The molecule has 0 unspecified atom stereocenters. The van der Waals surface area contributed by atoms with Crippen LogP contribution in [-0.4, -0.2) is 21.1 Å². The van der Waals surface area contributed by atoms with E-state index in [9.17, 15) is 14.0 Å². The Labute approximate surface area is 207 Å². The van der Waals surface area contributed by atoms with Gasteiger partial charge in [-0.2, -0.15) is 0 Å². The second-order valence-electron chi connectivity index (χ2n) is 8.27. The van der Waals surface area contributed by atoms with E-state index in [0.717, 1.165) is 16.8 Å². The summed E-state index contributed by atoms with van der Waals surface area (Å²) in [5.74, 6) is -1.19. The number of halogens is 1. The zero-order valence-electron chi connectivity index (χ0n) is 19.2. The van der Waals surface area contributed by atoms with Crippen LogP contribution in [0.25, 0.3) is 5.52 Å². The molecule has 36 heavy (non-hydrogen) atoms. The molecule has 3 aromatic heterocycles. The lowest BCUT2D eigenvalue weighted by atomic mass is 10.1. The Hall–Kier alpha value is -4.78. The first kappa shape index (κ1) is 23.0. The second-order valence-corrected chi connectivity index (χ2v) is 8.27. The fraction of sp³-hybridized carbons (Fsp3) is 0.0690. The molecule has 0 saturated carbocycles. The molecule has 0 bridgehead atoms. The third-order valence-electron chi connectivity index (χ3n) is 5.74. The van der Waals surface area contributed by atoms with Crippen LogP contribution in [0.1, 0.15) is 27.2 Å². The minimum absolute atomic E-state index is 0.249. The Kier molecular flexibility index (Phi) is 6.53. The van der Waals surface area contributed by atoms with Crippen molar-refractivity contribution < 1.29 is 18.7 Å². The maximum atomic E-state index is 13.4. The first-order valence-electron chi connectivity index (χ1n) is 11.4. The van der Waals surface area contributed by atoms with Crippen molar-refractivity contribution in [2.24, 2.45) is 0 Å². The average Bonchev–Trinajstić information content (AvgIpc) is 3.27. The maximum Gasteiger partial charge on any atom is 0.296 e. The molecule has 7 heteroatoms. The number of Topliss-reactive ketones (excluding diaryl/α,β-unsaturated/α-hetero) is 1. The molecule has 0 aliphatic rings. The van der Waals surface area contributed by atoms with Crippen LogP contribution in [0.4, 0.5) is 10.1 Å². The van der Waals surface area contributed by atoms with E-state index >= 15 is 0 Å². The molecule has 0 atom stereocenters. The molecule has 0 spiro atoms. The molecular formula is C29H22FN3O3. The summed E-state index contributed by atoms with van der Waals surface area (Å²) in [4.78, 5) is 30.0. The van der Waals surface area contributed by atoms with Crippen molar-refractivity contribution in [1.29, 1.82) is 0 Å². The fourth-order valence-corrected chi connectivity index (χ4v) is 3.96. The van der Waals surface area contributed by atoms with Gasteiger partial charge in [0, 0.05) is 30.6 Å². The van der Waals surface area contributed by atoms with Crippen LogP contribution < -0.4 is 10.1 Å². The van der Waals surface area contributed by atoms with E-state index in [0.29, 0.717) is 30.0 Å². The Balaban J connectivity index is 1.48. The molecule has 5 aromatic rings. The number of nitrogens with zero attached hydrogens (tertiary/aromatic N) is 2. The second kappa shape index (κ2) is 10.2. The number of hydrogen-bond acceptors (Lipinski definition) is 4. The molecule has 0 fully saturated rings. The molecular weight excluding hydrogens is 457 g/mol. The number of rotatable bonds is 8. The largest absolute Gasteiger partial charge is 0.489 e. The smallest absolute Gasteiger partial charge is 0.296 e. The summed E-state index contributed by atoms with van der Waals surface area (Å²) in [5.41, 5.74) is 3.89. The molecule has 0 saturated heterocycles. The summed E-state index contributed by atoms with van der Waals surface area (Å²) < 4.78 is 21.2. The highest BCUT2D eigenvalue weighted by Crippen LogP contribution is 2.25. The first-order valence-corrected chi connectivity index (χ1v) is 11.4. The van der Waals surface area contributed by atoms with Crippen LogP contribution in [0, 0.1) is 5.82 Å². The van der Waals surface area contributed by atoms with Gasteiger partial charge in [0.2, 0.25) is 0 Å². The van der Waals surface area contributed by atoms with Gasteiger partial charge in [-0.05, 0) is 47.5 Å². The number of ether oxygens (including phenoxy) is 1. The lowest BCUT2D eigenvalue weighted by Gasteiger charge is -2.09. The van der Waals surface area contributed by atoms with Gasteiger partial charge in [-0.1, -0.05) is 42.5 Å². The SMILES string of the molecule is O=C(Nc1cccnc1)C(=O)c1cc(Cc2ccc(F)cc2)n2ccc(OCc3ccccc3)cc12. The Bertz CT molecular complexity index is 1510. The number of hydrogen-bond donors (Lipinski definition) is 1. The van der Waals surface area contributed by atoms with Crippen LogP contribution in [0.3, 0.4) is 0 Å². The van der Waals surface area contributed by atoms with E-state index in [4.69, 9.17) is 4.74 Å². The normalized spacial score (nSPS) is 10.8. The molecule has 1 amide bonds. The molecule has 178 valence electrons. The van der Waals surface area contributed by atoms with Gasteiger partial charge >= 0.3 is 0 Å². The summed E-state index contributed by atoms with van der Waals surface area (Å²) in [6.07, 6.45) is 5.31. The minimum Gasteiger partial charge on any atom is -0.489 e. The van der Waals surface area contributed by atoms with Crippen molar-refractivity contribution in [3.63, 3.8) is 0 Å². The molecule has 0 aliphatic heterocycles. The fourth-order valence-electron chi connectivity index (χ4n) is 3.96. The van der Waals surface area contributed by atoms with Gasteiger partial charge < -0.3 is 14.5 Å². The standard InChI is InChI=1S/C29H22FN3O3/c30-22-10-8-20(9-11-22)15-24-16-26(28(34)29(35)32-23-7-4-13-31-18-23)27-17-25(12-14-33(24)27)36-19-21-5-2-1-3-6-21/h1-14,16-18H,15,19H2,(H,32,35). The van der Waals surface area contributed by atoms with Gasteiger partial charge in [0.1, 0.15) is 18.2 Å². The van der Waals surface area contributed by atoms with Crippen molar-refractivity contribution >= 4 is 22.9 Å². The van der Waals surface area contributed by atoms with Crippen LogP contribution in [0.15, 0.2) is 104 Å². The lowest BCUT2D eigenvalue weighted by molar-refractivity contribution is -0.112. The number of anilines is 1. The highest BCUT2D eigenvalue weighted by molar-refractivity contribution is 6.47. The minimum atomic E-state index is -0.764. The Morgan fingerprint density at radius 2 is 1.72 bits per heavy atom. The maximum absolute atomic E-state index is 13.4. The van der Waals surface area contributed by atoms with Gasteiger partial charge in [0.25, 0.3) is 11.7 Å². The Morgan fingerprint density at radius 3 is 2.47 bits per heavy atom. The number of aromatic nitrogens is 2. The van der Waals surface area contributed by atoms with E-state index in [-0.39, 0.29) is 11.4 Å². The molecule has 2 aromatic carbocycles. The topological polar surface area (TPSA) is 72.7 Å². The first-order chi connectivity index (χ1) is 17.6. The van der Waals surface area contributed by atoms with E-state index in [1.807, 2.05) is 47.0 Å². The van der Waals surface area contributed by atoms with Crippen molar-refractivity contribution in [2.45, 2.75) is 13.0 Å². The highest BCUT2D eigenvalue weighted by Gasteiger charge is 2.23. The predicted molar refractivity (Wildman–Crippen MR) is 135 cm³/mol. The third-order valence-corrected chi connectivity index (χ3v) is 5.74. The van der Waals surface area contributed by atoms with Gasteiger partial charge in [0.15, 0.2) is 0 Å². The van der Waals surface area contributed by atoms with E-state index in [1.54, 1.807) is 42.6 Å². The number of ketones is 1. The van der Waals surface area contributed by atoms with Crippen LogP contribution >= 0.6 is 0 Å². The van der Waals surface area contributed by atoms with E-state index < -0.39 is 11.7 Å². The number of nitrogens with one attached hydrogen (secondary N) is 1. The summed E-state index contributed by atoms with van der Waals surface area (Å²) in [5, 5.41) is 2.60. The van der Waals surface area contributed by atoms with E-state index in [1.165, 1.54) is 18.3 Å². The summed E-state index contributed by atoms with van der Waals surface area (Å²) >= 11 is 0. The van der Waals surface area contributed by atoms with E-state index in [2.05, 4.69) is 10.3 Å². The Morgan fingerprint density at radius 1 is 0.917 bits per heavy atom. The molecule has 0 radical (unpaired) electrons. The predicted octanol–water partition coefficient (Wildman–Crippen LogP) is 5.46. The number of carbonyl (C=O) groups excluding carboxylic acids is 2. The van der Waals surface area contributed by atoms with Gasteiger partial charge in [0.05, 0.1) is 23.0 Å². The summed E-state index contributed by atoms with van der Waals surface area (Å²) in [7, 11) is 0. The lowest BCUT2D eigenvalue weighted by Crippen LogP contribution is -2.22.